The summed E-state index contributed by atoms with van der Waals surface area (Å²) in [6.07, 6.45) is 0. The highest BCUT2D eigenvalue weighted by Gasteiger charge is 2.24. The van der Waals surface area contributed by atoms with E-state index in [2.05, 4.69) is 6.07 Å². The van der Waals surface area contributed by atoms with E-state index in [-0.39, 0.29) is 11.8 Å². The van der Waals surface area contributed by atoms with Crippen molar-refractivity contribution in [1.29, 1.82) is 0 Å². The standard InChI is InChI=1S/C20H22ClNO3/c1-13(2)20(23)22-7-8-25-19-16(12-22)9-15(11-18(19)24-3)14-5-4-6-17(21)10-14/h4-6,9-11,13H,7-8,12H2,1-3H3. The van der Waals surface area contributed by atoms with E-state index in [0.717, 1.165) is 16.7 Å². The second kappa shape index (κ2) is 7.36. The average molecular weight is 360 g/mol. The van der Waals surface area contributed by atoms with Gasteiger partial charge in [-0.15, -0.1) is 0 Å². The maximum Gasteiger partial charge on any atom is 0.225 e. The maximum absolute atomic E-state index is 12.4. The van der Waals surface area contributed by atoms with Gasteiger partial charge in [-0.25, -0.2) is 0 Å². The zero-order valence-electron chi connectivity index (χ0n) is 14.7. The molecule has 1 aliphatic rings. The minimum absolute atomic E-state index is 0.0421. The Bertz CT molecular complexity index is 789. The molecule has 0 radical (unpaired) electrons. The Kier molecular flexibility index (Phi) is 5.19. The number of rotatable bonds is 3. The van der Waals surface area contributed by atoms with Crippen LogP contribution in [0.15, 0.2) is 36.4 Å². The van der Waals surface area contributed by atoms with Crippen LogP contribution in [-0.4, -0.2) is 31.1 Å². The Hall–Kier alpha value is -2.20. The number of halogens is 1. The van der Waals surface area contributed by atoms with E-state index in [1.807, 2.05) is 49.1 Å². The SMILES string of the molecule is COc1cc(-c2cccc(Cl)c2)cc2c1OCCN(C(=O)C(C)C)C2. The second-order valence-electron chi connectivity index (χ2n) is 6.44. The molecule has 0 atom stereocenters. The molecule has 3 rings (SSSR count). The molecule has 0 saturated carbocycles. The summed E-state index contributed by atoms with van der Waals surface area (Å²) >= 11 is 6.13. The third-order valence-corrected chi connectivity index (χ3v) is 4.52. The molecular formula is C20H22ClNO3. The van der Waals surface area contributed by atoms with Crippen molar-refractivity contribution in [3.63, 3.8) is 0 Å². The third-order valence-electron chi connectivity index (χ3n) is 4.28. The molecule has 5 heteroatoms. The summed E-state index contributed by atoms with van der Waals surface area (Å²) in [6.45, 7) is 5.37. The fourth-order valence-corrected chi connectivity index (χ4v) is 3.21. The van der Waals surface area contributed by atoms with Crippen molar-refractivity contribution in [2.75, 3.05) is 20.3 Å². The first-order valence-electron chi connectivity index (χ1n) is 8.38. The Morgan fingerprint density at radius 2 is 2.04 bits per heavy atom. The Labute approximate surface area is 153 Å². The van der Waals surface area contributed by atoms with Crippen molar-refractivity contribution in [2.24, 2.45) is 5.92 Å². The Balaban J connectivity index is 2.04. The first-order valence-corrected chi connectivity index (χ1v) is 8.76. The van der Waals surface area contributed by atoms with Crippen LogP contribution in [0.5, 0.6) is 11.5 Å². The number of benzene rings is 2. The number of carbonyl (C=O) groups excluding carboxylic acids is 1. The van der Waals surface area contributed by atoms with Crippen LogP contribution < -0.4 is 9.47 Å². The number of ether oxygens (including phenoxy) is 2. The average Bonchev–Trinajstić information content (AvgIpc) is 2.82. The van der Waals surface area contributed by atoms with E-state index < -0.39 is 0 Å². The highest BCUT2D eigenvalue weighted by Crippen LogP contribution is 2.38. The van der Waals surface area contributed by atoms with Crippen molar-refractivity contribution in [1.82, 2.24) is 4.90 Å². The summed E-state index contributed by atoms with van der Waals surface area (Å²) in [4.78, 5) is 14.3. The molecule has 0 aromatic heterocycles. The zero-order chi connectivity index (χ0) is 18.0. The van der Waals surface area contributed by atoms with Crippen molar-refractivity contribution in [3.8, 4) is 22.6 Å². The van der Waals surface area contributed by atoms with Gasteiger partial charge >= 0.3 is 0 Å². The number of hydrogen-bond acceptors (Lipinski definition) is 3. The number of hydrogen-bond donors (Lipinski definition) is 0. The van der Waals surface area contributed by atoms with Gasteiger partial charge in [0, 0.05) is 23.0 Å². The molecule has 2 aromatic rings. The number of nitrogens with zero attached hydrogens (tertiary/aromatic N) is 1. The van der Waals surface area contributed by atoms with E-state index in [4.69, 9.17) is 21.1 Å². The van der Waals surface area contributed by atoms with Crippen molar-refractivity contribution in [2.45, 2.75) is 20.4 Å². The van der Waals surface area contributed by atoms with Gasteiger partial charge in [0.05, 0.1) is 13.7 Å². The normalized spacial score (nSPS) is 13.9. The molecule has 0 unspecified atom stereocenters. The fraction of sp³-hybridized carbons (Fsp3) is 0.350. The Morgan fingerprint density at radius 3 is 2.72 bits per heavy atom. The first kappa shape index (κ1) is 17.6. The van der Waals surface area contributed by atoms with E-state index in [1.165, 1.54) is 0 Å². The first-order chi connectivity index (χ1) is 12.0. The zero-order valence-corrected chi connectivity index (χ0v) is 15.5. The lowest BCUT2D eigenvalue weighted by Gasteiger charge is -2.22. The van der Waals surface area contributed by atoms with E-state index in [1.54, 1.807) is 7.11 Å². The van der Waals surface area contributed by atoms with Gasteiger partial charge in [-0.1, -0.05) is 37.6 Å². The molecule has 0 spiro atoms. The maximum atomic E-state index is 12.4. The van der Waals surface area contributed by atoms with Crippen molar-refractivity contribution >= 4 is 17.5 Å². The summed E-state index contributed by atoms with van der Waals surface area (Å²) in [5.41, 5.74) is 2.93. The van der Waals surface area contributed by atoms with Crippen LogP contribution in [-0.2, 0) is 11.3 Å². The van der Waals surface area contributed by atoms with Crippen LogP contribution in [0.3, 0.4) is 0 Å². The van der Waals surface area contributed by atoms with E-state index in [9.17, 15) is 4.79 Å². The summed E-state index contributed by atoms with van der Waals surface area (Å²) in [5, 5.41) is 0.680. The molecule has 0 saturated heterocycles. The summed E-state index contributed by atoms with van der Waals surface area (Å²) in [6, 6.07) is 11.7. The van der Waals surface area contributed by atoms with Crippen LogP contribution in [0.4, 0.5) is 0 Å². The Morgan fingerprint density at radius 1 is 1.24 bits per heavy atom. The third kappa shape index (κ3) is 3.74. The number of fused-ring (bicyclic) bond motifs is 1. The molecule has 1 heterocycles. The van der Waals surface area contributed by atoms with Gasteiger partial charge in [0.25, 0.3) is 0 Å². The molecule has 1 amide bonds. The van der Waals surface area contributed by atoms with Crippen LogP contribution in [0.2, 0.25) is 5.02 Å². The number of carbonyl (C=O) groups is 1. The summed E-state index contributed by atoms with van der Waals surface area (Å²) < 4.78 is 11.4. The minimum atomic E-state index is -0.0421. The van der Waals surface area contributed by atoms with Gasteiger partial charge in [0.1, 0.15) is 6.61 Å². The molecule has 0 fully saturated rings. The van der Waals surface area contributed by atoms with Crippen LogP contribution in [0.1, 0.15) is 19.4 Å². The van der Waals surface area contributed by atoms with Crippen molar-refractivity contribution < 1.29 is 14.3 Å². The van der Waals surface area contributed by atoms with Gasteiger partial charge in [-0.2, -0.15) is 0 Å². The van der Waals surface area contributed by atoms with Gasteiger partial charge in [0.2, 0.25) is 5.91 Å². The molecule has 0 N–H and O–H groups in total. The predicted molar refractivity (Wildman–Crippen MR) is 99.2 cm³/mol. The van der Waals surface area contributed by atoms with Gasteiger partial charge in [-0.3, -0.25) is 4.79 Å². The number of amides is 1. The fourth-order valence-electron chi connectivity index (χ4n) is 3.02. The van der Waals surface area contributed by atoms with Gasteiger partial charge < -0.3 is 14.4 Å². The summed E-state index contributed by atoms with van der Waals surface area (Å²) in [7, 11) is 1.63. The van der Waals surface area contributed by atoms with Crippen LogP contribution >= 0.6 is 11.6 Å². The lowest BCUT2D eigenvalue weighted by molar-refractivity contribution is -0.135. The molecule has 132 valence electrons. The van der Waals surface area contributed by atoms with Gasteiger partial charge in [0.15, 0.2) is 11.5 Å². The molecule has 4 nitrogen and oxygen atoms in total. The van der Waals surface area contributed by atoms with Crippen LogP contribution in [0, 0.1) is 5.92 Å². The lowest BCUT2D eigenvalue weighted by Crippen LogP contribution is -2.35. The van der Waals surface area contributed by atoms with Crippen molar-refractivity contribution in [3.05, 3.63) is 47.0 Å². The smallest absolute Gasteiger partial charge is 0.225 e. The molecule has 1 aliphatic heterocycles. The highest BCUT2D eigenvalue weighted by atomic mass is 35.5. The van der Waals surface area contributed by atoms with Crippen LogP contribution in [0.25, 0.3) is 11.1 Å². The van der Waals surface area contributed by atoms with Gasteiger partial charge in [-0.05, 0) is 35.4 Å². The quantitative estimate of drug-likeness (QED) is 0.815. The lowest BCUT2D eigenvalue weighted by atomic mass is 10.0. The molecule has 25 heavy (non-hydrogen) atoms. The van der Waals surface area contributed by atoms with E-state index >= 15 is 0 Å². The molecule has 0 bridgehead atoms. The summed E-state index contributed by atoms with van der Waals surface area (Å²) in [5.74, 6) is 1.47. The number of methoxy groups -OCH3 is 1. The van der Waals surface area contributed by atoms with E-state index in [0.29, 0.717) is 36.2 Å². The predicted octanol–water partition coefficient (Wildman–Crippen LogP) is 4.39. The largest absolute Gasteiger partial charge is 0.493 e. The molecule has 2 aromatic carbocycles. The molecule has 0 aliphatic carbocycles. The highest BCUT2D eigenvalue weighted by molar-refractivity contribution is 6.30. The minimum Gasteiger partial charge on any atom is -0.493 e. The molecular weight excluding hydrogens is 338 g/mol. The topological polar surface area (TPSA) is 38.8 Å². The monoisotopic (exact) mass is 359 g/mol. The second-order valence-corrected chi connectivity index (χ2v) is 6.88.